The van der Waals surface area contributed by atoms with Crippen LogP contribution in [0.3, 0.4) is 0 Å². The summed E-state index contributed by atoms with van der Waals surface area (Å²) in [5.74, 6) is -0.334. The molecular formula is C16H19N3O2. The molecule has 5 heteroatoms. The monoisotopic (exact) mass is 285 g/mol. The Morgan fingerprint density at radius 3 is 3.00 bits per heavy atom. The van der Waals surface area contributed by atoms with E-state index in [2.05, 4.69) is 29.1 Å². The van der Waals surface area contributed by atoms with Gasteiger partial charge in [0.25, 0.3) is 0 Å². The van der Waals surface area contributed by atoms with E-state index in [0.717, 1.165) is 30.7 Å². The van der Waals surface area contributed by atoms with Crippen molar-refractivity contribution in [3.05, 3.63) is 41.9 Å². The normalized spacial score (nSPS) is 16.0. The lowest BCUT2D eigenvalue weighted by Crippen LogP contribution is -2.23. The van der Waals surface area contributed by atoms with Crippen molar-refractivity contribution in [2.75, 3.05) is 26.7 Å². The molecule has 0 radical (unpaired) electrons. The Morgan fingerprint density at radius 1 is 1.43 bits per heavy atom. The van der Waals surface area contributed by atoms with Gasteiger partial charge in [-0.2, -0.15) is 0 Å². The number of fused-ring (bicyclic) bond motifs is 1. The van der Waals surface area contributed by atoms with Crippen LogP contribution in [0.4, 0.5) is 0 Å². The number of pyridine rings is 1. The minimum atomic E-state index is -0.334. The molecule has 21 heavy (non-hydrogen) atoms. The SMILES string of the molecule is CCOC(=O)c1cnc2ccc(C3=CCN(C)CC3)cn12. The van der Waals surface area contributed by atoms with Crippen molar-refractivity contribution in [2.45, 2.75) is 13.3 Å². The number of hydrogen-bond donors (Lipinski definition) is 0. The molecule has 2 aromatic heterocycles. The molecule has 5 nitrogen and oxygen atoms in total. The molecule has 0 N–H and O–H groups in total. The van der Waals surface area contributed by atoms with Crippen molar-refractivity contribution in [1.82, 2.24) is 14.3 Å². The summed E-state index contributed by atoms with van der Waals surface area (Å²) < 4.78 is 6.88. The number of nitrogens with zero attached hydrogens (tertiary/aromatic N) is 3. The van der Waals surface area contributed by atoms with E-state index in [1.807, 2.05) is 16.7 Å². The molecule has 0 spiro atoms. The van der Waals surface area contributed by atoms with Crippen molar-refractivity contribution in [2.24, 2.45) is 0 Å². The van der Waals surface area contributed by atoms with Gasteiger partial charge in [0, 0.05) is 19.3 Å². The van der Waals surface area contributed by atoms with Crippen molar-refractivity contribution in [3.8, 4) is 0 Å². The minimum absolute atomic E-state index is 0.334. The first-order valence-corrected chi connectivity index (χ1v) is 7.21. The van der Waals surface area contributed by atoms with E-state index in [4.69, 9.17) is 4.74 Å². The highest BCUT2D eigenvalue weighted by Crippen LogP contribution is 2.22. The Kier molecular flexibility index (Phi) is 3.75. The molecule has 0 fully saturated rings. The van der Waals surface area contributed by atoms with Gasteiger partial charge in [0.15, 0.2) is 5.69 Å². The van der Waals surface area contributed by atoms with Gasteiger partial charge in [-0.05, 0) is 43.7 Å². The fourth-order valence-electron chi connectivity index (χ4n) is 2.56. The van der Waals surface area contributed by atoms with Crippen molar-refractivity contribution >= 4 is 17.2 Å². The van der Waals surface area contributed by atoms with Crippen LogP contribution < -0.4 is 0 Å². The second kappa shape index (κ2) is 5.69. The average Bonchev–Trinajstić information content (AvgIpc) is 2.91. The molecule has 2 aromatic rings. The molecule has 110 valence electrons. The molecule has 0 aliphatic carbocycles. The van der Waals surface area contributed by atoms with E-state index in [1.165, 1.54) is 5.57 Å². The van der Waals surface area contributed by atoms with E-state index < -0.39 is 0 Å². The highest BCUT2D eigenvalue weighted by molar-refractivity contribution is 5.88. The summed E-state index contributed by atoms with van der Waals surface area (Å²) in [5.41, 5.74) is 3.69. The fourth-order valence-corrected chi connectivity index (χ4v) is 2.56. The van der Waals surface area contributed by atoms with Gasteiger partial charge >= 0.3 is 5.97 Å². The maximum atomic E-state index is 11.9. The average molecular weight is 285 g/mol. The topological polar surface area (TPSA) is 46.8 Å². The summed E-state index contributed by atoms with van der Waals surface area (Å²) in [4.78, 5) is 18.5. The standard InChI is InChI=1S/C16H19N3O2/c1-3-21-16(20)14-10-17-15-5-4-13(11-19(14)15)12-6-8-18(2)9-7-12/h4-6,10-11H,3,7-9H2,1-2H3. The molecule has 1 aliphatic heterocycles. The summed E-state index contributed by atoms with van der Waals surface area (Å²) in [7, 11) is 2.12. The van der Waals surface area contributed by atoms with Gasteiger partial charge in [-0.3, -0.25) is 4.40 Å². The predicted molar refractivity (Wildman–Crippen MR) is 81.2 cm³/mol. The number of likely N-dealkylation sites (N-methyl/N-ethyl adjacent to an activating group) is 1. The Balaban J connectivity index is 1.99. The second-order valence-corrected chi connectivity index (χ2v) is 5.25. The number of carbonyl (C=O) groups excluding carboxylic acids is 1. The van der Waals surface area contributed by atoms with E-state index in [0.29, 0.717) is 12.3 Å². The molecular weight excluding hydrogens is 266 g/mol. The number of carbonyl (C=O) groups is 1. The van der Waals surface area contributed by atoms with Crippen LogP contribution in [0.25, 0.3) is 11.2 Å². The zero-order chi connectivity index (χ0) is 14.8. The van der Waals surface area contributed by atoms with Gasteiger partial charge in [-0.15, -0.1) is 0 Å². The van der Waals surface area contributed by atoms with Crippen LogP contribution in [0.15, 0.2) is 30.6 Å². The second-order valence-electron chi connectivity index (χ2n) is 5.25. The lowest BCUT2D eigenvalue weighted by atomic mass is 10.0. The van der Waals surface area contributed by atoms with E-state index in [-0.39, 0.29) is 5.97 Å². The number of imidazole rings is 1. The van der Waals surface area contributed by atoms with Crippen LogP contribution in [0.2, 0.25) is 0 Å². The molecule has 0 unspecified atom stereocenters. The van der Waals surface area contributed by atoms with Gasteiger partial charge < -0.3 is 9.64 Å². The predicted octanol–water partition coefficient (Wildman–Crippen LogP) is 2.23. The summed E-state index contributed by atoms with van der Waals surface area (Å²) in [5, 5.41) is 0. The molecule has 3 rings (SSSR count). The Labute approximate surface area is 123 Å². The molecule has 0 atom stereocenters. The van der Waals surface area contributed by atoms with Gasteiger partial charge in [0.1, 0.15) is 5.65 Å². The van der Waals surface area contributed by atoms with E-state index >= 15 is 0 Å². The van der Waals surface area contributed by atoms with E-state index in [1.54, 1.807) is 13.1 Å². The maximum absolute atomic E-state index is 11.9. The van der Waals surface area contributed by atoms with Crippen molar-refractivity contribution in [3.63, 3.8) is 0 Å². The van der Waals surface area contributed by atoms with Crippen LogP contribution >= 0.6 is 0 Å². The number of hydrogen-bond acceptors (Lipinski definition) is 4. The van der Waals surface area contributed by atoms with Crippen molar-refractivity contribution in [1.29, 1.82) is 0 Å². The van der Waals surface area contributed by atoms with E-state index in [9.17, 15) is 4.79 Å². The number of ether oxygens (including phenoxy) is 1. The van der Waals surface area contributed by atoms with Gasteiger partial charge in [0.05, 0.1) is 12.8 Å². The van der Waals surface area contributed by atoms with Crippen molar-refractivity contribution < 1.29 is 9.53 Å². The fraction of sp³-hybridized carbons (Fsp3) is 0.375. The zero-order valence-electron chi connectivity index (χ0n) is 12.4. The first-order chi connectivity index (χ1) is 10.2. The Hall–Kier alpha value is -2.14. The largest absolute Gasteiger partial charge is 0.461 e. The maximum Gasteiger partial charge on any atom is 0.356 e. The summed E-state index contributed by atoms with van der Waals surface area (Å²) >= 11 is 0. The minimum Gasteiger partial charge on any atom is -0.461 e. The van der Waals surface area contributed by atoms with Crippen LogP contribution in [0, 0.1) is 0 Å². The molecule has 1 aliphatic rings. The number of esters is 1. The van der Waals surface area contributed by atoms with Gasteiger partial charge in [0.2, 0.25) is 0 Å². The Morgan fingerprint density at radius 2 is 2.29 bits per heavy atom. The number of rotatable bonds is 3. The molecule has 0 aromatic carbocycles. The zero-order valence-corrected chi connectivity index (χ0v) is 12.4. The van der Waals surface area contributed by atoms with Gasteiger partial charge in [-0.25, -0.2) is 9.78 Å². The van der Waals surface area contributed by atoms with Gasteiger partial charge in [-0.1, -0.05) is 6.08 Å². The summed E-state index contributed by atoms with van der Waals surface area (Å²) in [6, 6.07) is 4.01. The summed E-state index contributed by atoms with van der Waals surface area (Å²) in [6.45, 7) is 4.18. The quantitative estimate of drug-likeness (QED) is 0.811. The van der Waals surface area contributed by atoms with Crippen LogP contribution in [0.5, 0.6) is 0 Å². The van der Waals surface area contributed by atoms with Crippen LogP contribution in [0.1, 0.15) is 29.4 Å². The third-order valence-corrected chi connectivity index (χ3v) is 3.77. The lowest BCUT2D eigenvalue weighted by Gasteiger charge is -2.22. The molecule has 0 amide bonds. The van der Waals surface area contributed by atoms with Crippen LogP contribution in [-0.2, 0) is 4.74 Å². The number of aromatic nitrogens is 2. The van der Waals surface area contributed by atoms with Crippen LogP contribution in [-0.4, -0.2) is 47.0 Å². The third-order valence-electron chi connectivity index (χ3n) is 3.77. The smallest absolute Gasteiger partial charge is 0.356 e. The molecule has 0 bridgehead atoms. The highest BCUT2D eigenvalue weighted by atomic mass is 16.5. The molecule has 3 heterocycles. The molecule has 0 saturated heterocycles. The summed E-state index contributed by atoms with van der Waals surface area (Å²) in [6.07, 6.45) is 6.81. The molecule has 0 saturated carbocycles. The highest BCUT2D eigenvalue weighted by Gasteiger charge is 2.15. The Bertz CT molecular complexity index is 703. The first kappa shape index (κ1) is 13.8. The third kappa shape index (κ3) is 2.69. The first-order valence-electron chi connectivity index (χ1n) is 7.21. The lowest BCUT2D eigenvalue weighted by molar-refractivity contribution is 0.0518.